The van der Waals surface area contributed by atoms with E-state index in [9.17, 15) is 4.79 Å². The zero-order valence-corrected chi connectivity index (χ0v) is 9.01. The van der Waals surface area contributed by atoms with Gasteiger partial charge < -0.3 is 15.8 Å². The molecule has 0 aliphatic carbocycles. The first-order chi connectivity index (χ1) is 6.56. The van der Waals surface area contributed by atoms with Crippen molar-refractivity contribution in [3.05, 3.63) is 0 Å². The fourth-order valence-electron chi connectivity index (χ4n) is 1.37. The molecule has 4 nitrogen and oxygen atoms in total. The number of nitrogens with two attached hydrogens (primary N) is 1. The maximum absolute atomic E-state index is 11.7. The van der Waals surface area contributed by atoms with Crippen molar-refractivity contribution in [1.29, 1.82) is 0 Å². The van der Waals surface area contributed by atoms with Crippen LogP contribution in [0.4, 0.5) is 0 Å². The molecule has 1 saturated heterocycles. The van der Waals surface area contributed by atoms with E-state index in [2.05, 4.69) is 5.32 Å². The molecule has 1 rings (SSSR count). The van der Waals surface area contributed by atoms with E-state index in [1.807, 2.05) is 6.92 Å². The number of hydrogen-bond acceptors (Lipinski definition) is 3. The molecule has 14 heavy (non-hydrogen) atoms. The van der Waals surface area contributed by atoms with Crippen LogP contribution in [0.1, 0.15) is 33.1 Å². The summed E-state index contributed by atoms with van der Waals surface area (Å²) in [6.07, 6.45) is 2.65. The summed E-state index contributed by atoms with van der Waals surface area (Å²) in [7, 11) is 0. The van der Waals surface area contributed by atoms with Gasteiger partial charge in [0, 0.05) is 6.61 Å². The Balaban J connectivity index is 2.39. The summed E-state index contributed by atoms with van der Waals surface area (Å²) in [5, 5.41) is 2.92. The van der Waals surface area contributed by atoms with Crippen LogP contribution in [-0.4, -0.2) is 30.7 Å². The second kappa shape index (κ2) is 4.75. The lowest BCUT2D eigenvalue weighted by molar-refractivity contribution is -0.127. The molecular formula is C10H20N2O2. The third-order valence-corrected chi connectivity index (χ3v) is 2.75. The lowest BCUT2D eigenvalue weighted by atomic mass is 9.98. The van der Waals surface area contributed by atoms with Gasteiger partial charge in [0.15, 0.2) is 0 Å². The third kappa shape index (κ3) is 2.96. The summed E-state index contributed by atoms with van der Waals surface area (Å²) < 4.78 is 5.27. The van der Waals surface area contributed by atoms with Gasteiger partial charge in [0.05, 0.1) is 18.2 Å². The molecule has 1 amide bonds. The first kappa shape index (κ1) is 11.5. The van der Waals surface area contributed by atoms with Gasteiger partial charge >= 0.3 is 0 Å². The van der Waals surface area contributed by atoms with E-state index in [0.717, 1.165) is 19.4 Å². The molecule has 0 aromatic carbocycles. The van der Waals surface area contributed by atoms with E-state index in [-0.39, 0.29) is 11.9 Å². The summed E-state index contributed by atoms with van der Waals surface area (Å²) in [4.78, 5) is 11.7. The fraction of sp³-hybridized carbons (Fsp3) is 0.900. The van der Waals surface area contributed by atoms with Crippen molar-refractivity contribution in [2.24, 2.45) is 5.73 Å². The molecule has 0 aromatic heterocycles. The van der Waals surface area contributed by atoms with Crippen molar-refractivity contribution in [3.63, 3.8) is 0 Å². The highest BCUT2D eigenvalue weighted by atomic mass is 16.5. The molecule has 0 aromatic rings. The van der Waals surface area contributed by atoms with Gasteiger partial charge in [-0.25, -0.2) is 0 Å². The molecule has 3 N–H and O–H groups in total. The predicted octanol–water partition coefficient (Wildman–Crippen LogP) is 0.409. The van der Waals surface area contributed by atoms with Crippen LogP contribution in [-0.2, 0) is 9.53 Å². The van der Waals surface area contributed by atoms with Gasteiger partial charge in [-0.3, -0.25) is 4.79 Å². The molecule has 2 atom stereocenters. The van der Waals surface area contributed by atoms with Gasteiger partial charge in [0.1, 0.15) is 0 Å². The Morgan fingerprint density at radius 2 is 2.43 bits per heavy atom. The maximum atomic E-state index is 11.7. The van der Waals surface area contributed by atoms with Crippen LogP contribution in [0.3, 0.4) is 0 Å². The summed E-state index contributed by atoms with van der Waals surface area (Å²) in [5.74, 6) is -0.0736. The number of hydrogen-bond donors (Lipinski definition) is 2. The Labute approximate surface area is 85.2 Å². The van der Waals surface area contributed by atoms with Gasteiger partial charge in [0.2, 0.25) is 5.91 Å². The molecule has 0 radical (unpaired) electrons. The second-order valence-electron chi connectivity index (χ2n) is 4.16. The normalized spacial score (nSPS) is 26.6. The SMILES string of the molecule is CCC(C)(N)C(=O)NC1CCCOC1. The van der Waals surface area contributed by atoms with Crippen molar-refractivity contribution in [2.45, 2.75) is 44.7 Å². The van der Waals surface area contributed by atoms with Gasteiger partial charge in [-0.05, 0) is 26.2 Å². The largest absolute Gasteiger partial charge is 0.379 e. The summed E-state index contributed by atoms with van der Waals surface area (Å²) in [6, 6.07) is 0.144. The molecule has 1 fully saturated rings. The van der Waals surface area contributed by atoms with Crippen LogP contribution in [0.15, 0.2) is 0 Å². The van der Waals surface area contributed by atoms with E-state index in [1.165, 1.54) is 0 Å². The Morgan fingerprint density at radius 3 is 2.93 bits per heavy atom. The Kier molecular flexibility index (Phi) is 3.89. The summed E-state index contributed by atoms with van der Waals surface area (Å²) >= 11 is 0. The lowest BCUT2D eigenvalue weighted by Crippen LogP contribution is -2.55. The standard InChI is InChI=1S/C10H20N2O2/c1-3-10(2,11)9(13)12-8-5-4-6-14-7-8/h8H,3-7,11H2,1-2H3,(H,12,13). The highest BCUT2D eigenvalue weighted by molar-refractivity contribution is 5.85. The van der Waals surface area contributed by atoms with Gasteiger partial charge in [0.25, 0.3) is 0 Å². The highest BCUT2D eigenvalue weighted by Gasteiger charge is 2.28. The summed E-state index contributed by atoms with van der Waals surface area (Å²) in [5.41, 5.74) is 5.07. The topological polar surface area (TPSA) is 64.4 Å². The second-order valence-corrected chi connectivity index (χ2v) is 4.16. The first-order valence-electron chi connectivity index (χ1n) is 5.24. The molecule has 82 valence electrons. The van der Waals surface area contributed by atoms with Crippen LogP contribution >= 0.6 is 0 Å². The zero-order chi connectivity index (χ0) is 10.6. The number of rotatable bonds is 3. The van der Waals surface area contributed by atoms with Gasteiger partial charge in [-0.15, -0.1) is 0 Å². The van der Waals surface area contributed by atoms with Crippen molar-refractivity contribution in [2.75, 3.05) is 13.2 Å². The Morgan fingerprint density at radius 1 is 1.71 bits per heavy atom. The number of carbonyl (C=O) groups excluding carboxylic acids is 1. The molecule has 0 bridgehead atoms. The van der Waals surface area contributed by atoms with Crippen LogP contribution in [0, 0.1) is 0 Å². The van der Waals surface area contributed by atoms with E-state index < -0.39 is 5.54 Å². The monoisotopic (exact) mass is 200 g/mol. The van der Waals surface area contributed by atoms with E-state index >= 15 is 0 Å². The van der Waals surface area contributed by atoms with Crippen molar-refractivity contribution in [1.82, 2.24) is 5.32 Å². The van der Waals surface area contributed by atoms with E-state index in [4.69, 9.17) is 10.5 Å². The molecule has 1 heterocycles. The first-order valence-corrected chi connectivity index (χ1v) is 5.24. The number of nitrogens with one attached hydrogen (secondary N) is 1. The van der Waals surface area contributed by atoms with Crippen molar-refractivity contribution >= 4 is 5.91 Å². The van der Waals surface area contributed by atoms with Crippen LogP contribution in [0.2, 0.25) is 0 Å². The minimum Gasteiger partial charge on any atom is -0.379 e. The highest BCUT2D eigenvalue weighted by Crippen LogP contribution is 2.09. The van der Waals surface area contributed by atoms with Gasteiger partial charge in [-0.1, -0.05) is 6.92 Å². The molecule has 0 spiro atoms. The fourth-order valence-corrected chi connectivity index (χ4v) is 1.37. The molecule has 4 heteroatoms. The van der Waals surface area contributed by atoms with Crippen LogP contribution < -0.4 is 11.1 Å². The minimum absolute atomic E-state index is 0.0736. The zero-order valence-electron chi connectivity index (χ0n) is 9.01. The number of amides is 1. The lowest BCUT2D eigenvalue weighted by Gasteiger charge is -2.28. The number of ether oxygens (including phenoxy) is 1. The van der Waals surface area contributed by atoms with Gasteiger partial charge in [-0.2, -0.15) is 0 Å². The molecule has 0 saturated carbocycles. The smallest absolute Gasteiger partial charge is 0.240 e. The van der Waals surface area contributed by atoms with Crippen LogP contribution in [0.25, 0.3) is 0 Å². The van der Waals surface area contributed by atoms with Crippen molar-refractivity contribution in [3.8, 4) is 0 Å². The average molecular weight is 200 g/mol. The molecule has 1 aliphatic heterocycles. The van der Waals surface area contributed by atoms with Crippen LogP contribution in [0.5, 0.6) is 0 Å². The Hall–Kier alpha value is -0.610. The molecule has 2 unspecified atom stereocenters. The third-order valence-electron chi connectivity index (χ3n) is 2.75. The molecular weight excluding hydrogens is 180 g/mol. The minimum atomic E-state index is -0.753. The van der Waals surface area contributed by atoms with E-state index in [1.54, 1.807) is 6.92 Å². The maximum Gasteiger partial charge on any atom is 0.240 e. The van der Waals surface area contributed by atoms with Crippen molar-refractivity contribution < 1.29 is 9.53 Å². The van der Waals surface area contributed by atoms with E-state index in [0.29, 0.717) is 13.0 Å². The molecule has 1 aliphatic rings. The summed E-state index contributed by atoms with van der Waals surface area (Å²) in [6.45, 7) is 5.09. The average Bonchev–Trinajstić information content (AvgIpc) is 2.19. The predicted molar refractivity (Wildman–Crippen MR) is 54.9 cm³/mol. The Bertz CT molecular complexity index is 198. The number of carbonyl (C=O) groups is 1. The quantitative estimate of drug-likeness (QED) is 0.693.